The molecule has 1 aliphatic heterocycles. The van der Waals surface area contributed by atoms with Crippen LogP contribution in [0.5, 0.6) is 5.75 Å². The molecule has 1 atom stereocenters. The third kappa shape index (κ3) is 4.40. The average Bonchev–Trinajstić information content (AvgIpc) is 3.35. The SMILES string of the molecule is COc1cccc(C2NC(=S)N(c3ccc(F)cc3)C(C)=C2c2nc(-c3ccc(C)cc3)no2)c1. The Morgan fingerprint density at radius 1 is 1.03 bits per heavy atom. The van der Waals surface area contributed by atoms with Crippen molar-refractivity contribution < 1.29 is 13.7 Å². The van der Waals surface area contributed by atoms with Gasteiger partial charge < -0.3 is 14.6 Å². The number of aromatic nitrogens is 2. The van der Waals surface area contributed by atoms with E-state index >= 15 is 0 Å². The van der Waals surface area contributed by atoms with Crippen LogP contribution >= 0.6 is 12.2 Å². The standard InChI is InChI=1S/C27H23FN4O2S/c1-16-7-9-18(10-8-16)25-30-26(34-31-25)23-17(2)32(21-13-11-20(28)12-14-21)27(35)29-24(23)19-5-4-6-22(15-19)33-3/h4-15,24H,1-3H3,(H,29,35). The Hall–Kier alpha value is -4.04. The fourth-order valence-corrected chi connectivity index (χ4v) is 4.51. The zero-order valence-electron chi connectivity index (χ0n) is 19.4. The number of methoxy groups -OCH3 is 1. The van der Waals surface area contributed by atoms with Crippen molar-refractivity contribution in [1.82, 2.24) is 15.5 Å². The van der Waals surface area contributed by atoms with Crippen LogP contribution < -0.4 is 15.0 Å². The first-order valence-corrected chi connectivity index (χ1v) is 11.5. The number of ether oxygens (including phenoxy) is 1. The Balaban J connectivity index is 1.65. The lowest BCUT2D eigenvalue weighted by Crippen LogP contribution is -2.46. The van der Waals surface area contributed by atoms with Gasteiger partial charge in [0.25, 0.3) is 5.89 Å². The van der Waals surface area contributed by atoms with E-state index in [0.717, 1.165) is 39.4 Å². The van der Waals surface area contributed by atoms with Gasteiger partial charge in [-0.05, 0) is 68.0 Å². The van der Waals surface area contributed by atoms with Gasteiger partial charge in [0, 0.05) is 16.9 Å². The minimum Gasteiger partial charge on any atom is -0.497 e. The Morgan fingerprint density at radius 2 is 1.77 bits per heavy atom. The zero-order valence-corrected chi connectivity index (χ0v) is 20.3. The molecule has 0 bridgehead atoms. The number of hydrogen-bond donors (Lipinski definition) is 1. The van der Waals surface area contributed by atoms with E-state index in [1.807, 2.05) is 67.3 Å². The van der Waals surface area contributed by atoms with E-state index in [2.05, 4.69) is 10.5 Å². The molecule has 4 aromatic rings. The molecular formula is C27H23FN4O2S. The first kappa shape index (κ1) is 22.7. The second-order valence-electron chi connectivity index (χ2n) is 8.26. The molecule has 0 fully saturated rings. The molecule has 6 nitrogen and oxygen atoms in total. The molecule has 1 N–H and O–H groups in total. The van der Waals surface area contributed by atoms with Gasteiger partial charge in [0.15, 0.2) is 5.11 Å². The summed E-state index contributed by atoms with van der Waals surface area (Å²) in [6.45, 7) is 3.97. The molecule has 0 aliphatic carbocycles. The van der Waals surface area contributed by atoms with E-state index in [0.29, 0.717) is 16.8 Å². The lowest BCUT2D eigenvalue weighted by atomic mass is 9.94. The van der Waals surface area contributed by atoms with Crippen LogP contribution in [-0.2, 0) is 0 Å². The predicted molar refractivity (Wildman–Crippen MR) is 137 cm³/mol. The smallest absolute Gasteiger partial charge is 0.258 e. The maximum Gasteiger partial charge on any atom is 0.258 e. The zero-order chi connectivity index (χ0) is 24.5. The number of benzene rings is 3. The monoisotopic (exact) mass is 486 g/mol. The third-order valence-corrected chi connectivity index (χ3v) is 6.26. The molecule has 0 spiro atoms. The highest BCUT2D eigenvalue weighted by Crippen LogP contribution is 2.39. The first-order chi connectivity index (χ1) is 16.9. The highest BCUT2D eigenvalue weighted by Gasteiger charge is 2.35. The normalized spacial score (nSPS) is 15.8. The Kier molecular flexibility index (Phi) is 6.05. The first-order valence-electron chi connectivity index (χ1n) is 11.1. The molecule has 0 saturated heterocycles. The second kappa shape index (κ2) is 9.31. The van der Waals surface area contributed by atoms with Gasteiger partial charge in [0.2, 0.25) is 5.82 Å². The number of hydrogen-bond acceptors (Lipinski definition) is 5. The number of allylic oxidation sites excluding steroid dienone is 1. The largest absolute Gasteiger partial charge is 0.497 e. The molecule has 3 aromatic carbocycles. The van der Waals surface area contributed by atoms with Crippen molar-refractivity contribution in [3.63, 3.8) is 0 Å². The average molecular weight is 487 g/mol. The molecule has 0 saturated carbocycles. The number of aryl methyl sites for hydroxylation is 1. The summed E-state index contributed by atoms with van der Waals surface area (Å²) in [6.07, 6.45) is 0. The van der Waals surface area contributed by atoms with Gasteiger partial charge in [0.05, 0.1) is 18.7 Å². The molecule has 8 heteroatoms. The van der Waals surface area contributed by atoms with Crippen LogP contribution in [0.4, 0.5) is 10.1 Å². The van der Waals surface area contributed by atoms with Crippen molar-refractivity contribution >= 4 is 28.6 Å². The summed E-state index contributed by atoms with van der Waals surface area (Å²) in [5, 5.41) is 8.12. The van der Waals surface area contributed by atoms with Crippen molar-refractivity contribution in [3.05, 3.63) is 101 Å². The summed E-state index contributed by atoms with van der Waals surface area (Å²) in [6, 6.07) is 21.5. The van der Waals surface area contributed by atoms with Crippen molar-refractivity contribution in [2.24, 2.45) is 0 Å². The van der Waals surface area contributed by atoms with Crippen LogP contribution in [-0.4, -0.2) is 22.4 Å². The van der Waals surface area contributed by atoms with Gasteiger partial charge in [0.1, 0.15) is 11.6 Å². The van der Waals surface area contributed by atoms with Gasteiger partial charge in [-0.1, -0.05) is 47.1 Å². The number of nitrogens with one attached hydrogen (secondary N) is 1. The number of halogens is 1. The highest BCUT2D eigenvalue weighted by molar-refractivity contribution is 7.80. The Bertz CT molecular complexity index is 1410. The predicted octanol–water partition coefficient (Wildman–Crippen LogP) is 6.06. The number of nitrogens with zero attached hydrogens (tertiary/aromatic N) is 3. The molecular weight excluding hydrogens is 463 g/mol. The quantitative estimate of drug-likeness (QED) is 0.344. The van der Waals surface area contributed by atoms with Gasteiger partial charge in [-0.25, -0.2) is 4.39 Å². The van der Waals surface area contributed by atoms with Crippen molar-refractivity contribution in [2.45, 2.75) is 19.9 Å². The van der Waals surface area contributed by atoms with Crippen LogP contribution in [0.1, 0.15) is 30.0 Å². The fourth-order valence-electron chi connectivity index (χ4n) is 4.14. The van der Waals surface area contributed by atoms with Gasteiger partial charge in [-0.2, -0.15) is 4.98 Å². The molecule has 0 amide bonds. The maximum atomic E-state index is 13.6. The topological polar surface area (TPSA) is 63.4 Å². The van der Waals surface area contributed by atoms with Crippen LogP contribution in [0.2, 0.25) is 0 Å². The minimum absolute atomic E-state index is 0.319. The number of thiocarbonyl (C=S) groups is 1. The fraction of sp³-hybridized carbons (Fsp3) is 0.148. The number of anilines is 1. The summed E-state index contributed by atoms with van der Waals surface area (Å²) < 4.78 is 24.8. The second-order valence-corrected chi connectivity index (χ2v) is 8.65. The Morgan fingerprint density at radius 3 is 2.49 bits per heavy atom. The van der Waals surface area contributed by atoms with Crippen molar-refractivity contribution in [2.75, 3.05) is 12.0 Å². The summed E-state index contributed by atoms with van der Waals surface area (Å²) in [4.78, 5) is 6.58. The van der Waals surface area contributed by atoms with Crippen LogP contribution in [0.25, 0.3) is 17.0 Å². The summed E-state index contributed by atoms with van der Waals surface area (Å²) in [5.74, 6) is 1.26. The molecule has 2 heterocycles. The minimum atomic E-state index is -0.361. The molecule has 176 valence electrons. The van der Waals surface area contributed by atoms with Gasteiger partial charge >= 0.3 is 0 Å². The lowest BCUT2D eigenvalue weighted by molar-refractivity contribution is 0.403. The van der Waals surface area contributed by atoms with E-state index in [4.69, 9.17) is 26.5 Å². The molecule has 0 radical (unpaired) electrons. The molecule has 35 heavy (non-hydrogen) atoms. The van der Waals surface area contributed by atoms with Gasteiger partial charge in [-0.15, -0.1) is 0 Å². The Labute approximate surface area is 208 Å². The van der Waals surface area contributed by atoms with Crippen LogP contribution in [0, 0.1) is 12.7 Å². The van der Waals surface area contributed by atoms with Crippen LogP contribution in [0.3, 0.4) is 0 Å². The van der Waals surface area contributed by atoms with Crippen LogP contribution in [0.15, 0.2) is 83.0 Å². The van der Waals surface area contributed by atoms with Crippen molar-refractivity contribution in [3.8, 4) is 17.1 Å². The summed E-state index contributed by atoms with van der Waals surface area (Å²) >= 11 is 5.74. The van der Waals surface area contributed by atoms with E-state index in [1.165, 1.54) is 12.1 Å². The summed E-state index contributed by atoms with van der Waals surface area (Å²) in [7, 11) is 1.63. The van der Waals surface area contributed by atoms with Gasteiger partial charge in [-0.3, -0.25) is 4.90 Å². The number of rotatable bonds is 5. The van der Waals surface area contributed by atoms with Crippen molar-refractivity contribution in [1.29, 1.82) is 0 Å². The lowest BCUT2D eigenvalue weighted by Gasteiger charge is -2.37. The highest BCUT2D eigenvalue weighted by atomic mass is 32.1. The molecule has 5 rings (SSSR count). The molecule has 1 aromatic heterocycles. The third-order valence-electron chi connectivity index (χ3n) is 5.96. The van der Waals surface area contributed by atoms with E-state index in [9.17, 15) is 4.39 Å². The van der Waals surface area contributed by atoms with E-state index in [1.54, 1.807) is 19.2 Å². The molecule has 1 aliphatic rings. The van der Waals surface area contributed by atoms with E-state index in [-0.39, 0.29) is 11.9 Å². The summed E-state index contributed by atoms with van der Waals surface area (Å²) in [5.41, 5.74) is 5.22. The maximum absolute atomic E-state index is 13.6. The van der Waals surface area contributed by atoms with E-state index < -0.39 is 0 Å². The molecule has 1 unspecified atom stereocenters.